The largest absolute Gasteiger partial charge is 0.493 e. The number of unbranched alkanes of at least 4 members (excludes halogenated alkanes) is 1. The Hall–Kier alpha value is -3.69. The molecule has 2 aliphatic rings. The smallest absolute Gasteiger partial charge is 0.270 e. The van der Waals surface area contributed by atoms with Gasteiger partial charge >= 0.3 is 0 Å². The predicted molar refractivity (Wildman–Crippen MR) is 156 cm³/mol. The number of fused-ring (bicyclic) bond motifs is 1. The van der Waals surface area contributed by atoms with Gasteiger partial charge in [0.05, 0.1) is 17.2 Å². The number of carbonyl (C=O) groups excluding carboxylic acids is 2. The van der Waals surface area contributed by atoms with Gasteiger partial charge in [-0.05, 0) is 63.5 Å². The number of non-ortho nitro benzene ring substituents is 1. The average Bonchev–Trinajstić information content (AvgIpc) is 3.37. The van der Waals surface area contributed by atoms with Crippen LogP contribution in [0.25, 0.3) is 0 Å². The normalized spacial score (nSPS) is 17.4. The molecular weight excluding hydrogens is 526 g/mol. The van der Waals surface area contributed by atoms with Crippen LogP contribution in [0.15, 0.2) is 77.7 Å². The fourth-order valence-corrected chi connectivity index (χ4v) is 6.81. The predicted octanol–water partition coefficient (Wildman–Crippen LogP) is 6.51. The molecule has 0 N–H and O–H groups in total. The summed E-state index contributed by atoms with van der Waals surface area (Å²) in [6, 6.07) is 21.8. The van der Waals surface area contributed by atoms with Crippen molar-refractivity contribution < 1.29 is 19.2 Å². The third-order valence-corrected chi connectivity index (χ3v) is 8.84. The monoisotopic (exact) mass is 559 g/mol. The van der Waals surface area contributed by atoms with Crippen molar-refractivity contribution in [2.75, 3.05) is 31.1 Å². The minimum absolute atomic E-state index is 0.0310. The molecule has 2 aliphatic heterocycles. The number of hydrogen-bond acceptors (Lipinski definition) is 7. The number of carbonyl (C=O) groups is 2. The Morgan fingerprint density at radius 3 is 2.45 bits per heavy atom. The molecule has 3 aromatic rings. The molecule has 8 nitrogen and oxygen atoms in total. The Morgan fingerprint density at radius 1 is 1.00 bits per heavy atom. The number of hydrogen-bond donors (Lipinski definition) is 0. The number of thioether (sulfide) groups is 1. The number of amides is 1. The summed E-state index contributed by atoms with van der Waals surface area (Å²) in [6.45, 7) is 4.74. The molecule has 0 saturated carbocycles. The third kappa shape index (κ3) is 6.21. The van der Waals surface area contributed by atoms with E-state index in [1.165, 1.54) is 30.8 Å². The highest BCUT2D eigenvalue weighted by atomic mass is 32.2. The first-order valence-corrected chi connectivity index (χ1v) is 14.6. The maximum absolute atomic E-state index is 12.7. The van der Waals surface area contributed by atoms with Gasteiger partial charge in [0, 0.05) is 41.0 Å². The van der Waals surface area contributed by atoms with E-state index in [9.17, 15) is 19.7 Å². The van der Waals surface area contributed by atoms with E-state index in [4.69, 9.17) is 4.74 Å². The minimum Gasteiger partial charge on any atom is -0.493 e. The van der Waals surface area contributed by atoms with Gasteiger partial charge in [0.1, 0.15) is 11.1 Å². The van der Waals surface area contributed by atoms with Gasteiger partial charge in [0.15, 0.2) is 5.78 Å². The molecule has 1 fully saturated rings. The Kier molecular flexibility index (Phi) is 8.81. The number of ether oxygens (including phenoxy) is 1. The molecule has 1 unspecified atom stereocenters. The molecule has 0 bridgehead atoms. The van der Waals surface area contributed by atoms with Gasteiger partial charge in [0.2, 0.25) is 5.91 Å². The van der Waals surface area contributed by atoms with E-state index in [0.717, 1.165) is 61.5 Å². The molecule has 0 aliphatic carbocycles. The first-order chi connectivity index (χ1) is 19.4. The lowest BCUT2D eigenvalue weighted by atomic mass is 9.89. The van der Waals surface area contributed by atoms with Gasteiger partial charge in [0.25, 0.3) is 5.69 Å². The lowest BCUT2D eigenvalue weighted by Crippen LogP contribution is -2.37. The van der Waals surface area contributed by atoms with Crippen molar-refractivity contribution in [2.24, 2.45) is 5.92 Å². The van der Waals surface area contributed by atoms with Crippen molar-refractivity contribution >= 4 is 34.8 Å². The molecule has 1 saturated heterocycles. The van der Waals surface area contributed by atoms with Crippen LogP contribution in [0, 0.1) is 16.0 Å². The molecule has 1 amide bonds. The van der Waals surface area contributed by atoms with E-state index < -0.39 is 10.3 Å². The standard InChI is InChI=1S/C31H33N3O5S/c1-22(35)33-27-11-5-6-12-29(27)40-31(33)26-21-25(34(37)38)13-14-28(26)39-20-8-7-17-32-18-15-24(16-19-32)30(36)23-9-3-2-4-10-23/h2-6,9-14,21,24,31H,7-8,15-20H2,1H3. The molecule has 40 heavy (non-hydrogen) atoms. The van der Waals surface area contributed by atoms with Gasteiger partial charge in [-0.1, -0.05) is 54.2 Å². The second kappa shape index (κ2) is 12.7. The van der Waals surface area contributed by atoms with Crippen LogP contribution in [0.1, 0.15) is 53.9 Å². The molecule has 208 valence electrons. The van der Waals surface area contributed by atoms with Crippen LogP contribution in [0.3, 0.4) is 0 Å². The van der Waals surface area contributed by atoms with E-state index in [1.807, 2.05) is 54.6 Å². The summed E-state index contributed by atoms with van der Waals surface area (Å²) in [7, 11) is 0. The summed E-state index contributed by atoms with van der Waals surface area (Å²) < 4.78 is 6.16. The van der Waals surface area contributed by atoms with Gasteiger partial charge in [-0.25, -0.2) is 0 Å². The van der Waals surface area contributed by atoms with Crippen molar-refractivity contribution in [3.63, 3.8) is 0 Å². The fourth-order valence-electron chi connectivity index (χ4n) is 5.44. The second-order valence-electron chi connectivity index (χ2n) is 10.2. The Balaban J connectivity index is 1.15. The van der Waals surface area contributed by atoms with Crippen LogP contribution in [-0.2, 0) is 4.79 Å². The van der Waals surface area contributed by atoms with Gasteiger partial charge in [-0.2, -0.15) is 0 Å². The number of likely N-dealkylation sites (tertiary alicyclic amines) is 1. The van der Waals surface area contributed by atoms with Crippen LogP contribution >= 0.6 is 11.8 Å². The highest BCUT2D eigenvalue weighted by molar-refractivity contribution is 8.00. The molecule has 9 heteroatoms. The number of anilines is 1. The number of para-hydroxylation sites is 1. The quantitative estimate of drug-likeness (QED) is 0.121. The second-order valence-corrected chi connectivity index (χ2v) is 11.3. The van der Waals surface area contributed by atoms with E-state index in [1.54, 1.807) is 11.0 Å². The topological polar surface area (TPSA) is 93.0 Å². The van der Waals surface area contributed by atoms with Crippen LogP contribution in [0.5, 0.6) is 5.75 Å². The molecule has 3 aromatic carbocycles. The highest BCUT2D eigenvalue weighted by Gasteiger charge is 2.36. The van der Waals surface area contributed by atoms with E-state index in [0.29, 0.717) is 17.9 Å². The number of nitro benzene ring substituents is 1. The van der Waals surface area contributed by atoms with Crippen LogP contribution in [0.4, 0.5) is 11.4 Å². The lowest BCUT2D eigenvalue weighted by molar-refractivity contribution is -0.384. The van der Waals surface area contributed by atoms with E-state index in [2.05, 4.69) is 4.90 Å². The third-order valence-electron chi connectivity index (χ3n) is 7.55. The number of nitrogens with zero attached hydrogens (tertiary/aromatic N) is 3. The van der Waals surface area contributed by atoms with Gasteiger partial charge < -0.3 is 9.64 Å². The summed E-state index contributed by atoms with van der Waals surface area (Å²) in [5.74, 6) is 0.771. The zero-order valence-electron chi connectivity index (χ0n) is 22.5. The fraction of sp³-hybridized carbons (Fsp3) is 0.355. The van der Waals surface area contributed by atoms with Crippen molar-refractivity contribution in [2.45, 2.75) is 42.9 Å². The molecular formula is C31H33N3O5S. The Labute approximate surface area is 238 Å². The first-order valence-electron chi connectivity index (χ1n) is 13.7. The van der Waals surface area contributed by atoms with E-state index >= 15 is 0 Å². The van der Waals surface area contributed by atoms with Crippen LogP contribution in [0.2, 0.25) is 0 Å². The Bertz CT molecular complexity index is 1370. The SMILES string of the molecule is CC(=O)N1c2ccccc2SC1c1cc([N+](=O)[O-])ccc1OCCCCN1CCC(C(=O)c2ccccc2)CC1. The average molecular weight is 560 g/mol. The summed E-state index contributed by atoms with van der Waals surface area (Å²) in [4.78, 5) is 41.5. The van der Waals surface area contributed by atoms with Crippen molar-refractivity contribution in [3.05, 3.63) is 94.0 Å². The zero-order valence-corrected chi connectivity index (χ0v) is 23.3. The van der Waals surface area contributed by atoms with Crippen molar-refractivity contribution in [1.29, 1.82) is 0 Å². The van der Waals surface area contributed by atoms with Crippen molar-refractivity contribution in [1.82, 2.24) is 4.90 Å². The molecule has 0 aromatic heterocycles. The maximum Gasteiger partial charge on any atom is 0.270 e. The number of ketones is 1. The maximum atomic E-state index is 12.7. The summed E-state index contributed by atoms with van der Waals surface area (Å²) in [5.41, 5.74) is 2.19. The molecule has 2 heterocycles. The number of rotatable bonds is 10. The lowest BCUT2D eigenvalue weighted by Gasteiger charge is -2.31. The molecule has 0 spiro atoms. The van der Waals surface area contributed by atoms with Crippen molar-refractivity contribution in [3.8, 4) is 5.75 Å². The molecule has 1 atom stereocenters. The van der Waals surface area contributed by atoms with Gasteiger partial charge in [-0.3, -0.25) is 24.6 Å². The van der Waals surface area contributed by atoms with Gasteiger partial charge in [-0.15, -0.1) is 0 Å². The minimum atomic E-state index is -0.440. The Morgan fingerprint density at radius 2 is 1.73 bits per heavy atom. The highest BCUT2D eigenvalue weighted by Crippen LogP contribution is 2.53. The zero-order chi connectivity index (χ0) is 28.1. The number of nitro groups is 1. The number of Topliss-reactive ketones (excluding diaryl/α,β-unsaturated/α-hetero) is 1. The first kappa shape index (κ1) is 27.9. The summed E-state index contributed by atoms with van der Waals surface area (Å²) >= 11 is 1.50. The number of piperidine rings is 1. The summed E-state index contributed by atoms with van der Waals surface area (Å²) in [6.07, 6.45) is 3.53. The number of benzene rings is 3. The summed E-state index contributed by atoms with van der Waals surface area (Å²) in [5, 5.41) is 11.1. The van der Waals surface area contributed by atoms with Crippen LogP contribution in [-0.4, -0.2) is 47.8 Å². The molecule has 5 rings (SSSR count). The molecule has 0 radical (unpaired) electrons. The van der Waals surface area contributed by atoms with E-state index in [-0.39, 0.29) is 23.3 Å². The van der Waals surface area contributed by atoms with Crippen LogP contribution < -0.4 is 9.64 Å².